The number of nitrogens with one attached hydrogen (secondary N) is 1. The van der Waals surface area contributed by atoms with Gasteiger partial charge < -0.3 is 10.1 Å². The molecule has 3 atom stereocenters. The number of carbonyl (C=O) groups is 1. The molecule has 2 heterocycles. The normalized spacial score (nSPS) is 21.1. The zero-order valence-electron chi connectivity index (χ0n) is 19.0. The van der Waals surface area contributed by atoms with Crippen molar-refractivity contribution in [2.45, 2.75) is 64.2 Å². The molecule has 9 heteroatoms. The van der Waals surface area contributed by atoms with Gasteiger partial charge in [0.25, 0.3) is 5.91 Å². The van der Waals surface area contributed by atoms with Crippen molar-refractivity contribution in [1.82, 2.24) is 19.4 Å². The molecule has 3 rings (SSSR count). The van der Waals surface area contributed by atoms with Crippen LogP contribution in [-0.4, -0.2) is 59.7 Å². The highest BCUT2D eigenvalue weighted by atomic mass is 32.2. The molecule has 1 aliphatic heterocycles. The molecule has 1 saturated heterocycles. The largest absolute Gasteiger partial charge is 0.373 e. The average Bonchev–Trinajstić information content (AvgIpc) is 2.93. The molecule has 0 spiro atoms. The monoisotopic (exact) mass is 448 g/mol. The van der Waals surface area contributed by atoms with Gasteiger partial charge in [0, 0.05) is 37.4 Å². The van der Waals surface area contributed by atoms with Crippen molar-refractivity contribution in [3.8, 4) is 0 Å². The van der Waals surface area contributed by atoms with Gasteiger partial charge in [-0.2, -0.15) is 9.40 Å². The maximum atomic E-state index is 13.1. The van der Waals surface area contributed by atoms with E-state index in [-0.39, 0.29) is 29.1 Å². The Morgan fingerprint density at radius 3 is 2.48 bits per heavy atom. The van der Waals surface area contributed by atoms with Crippen LogP contribution < -0.4 is 5.32 Å². The van der Waals surface area contributed by atoms with Gasteiger partial charge in [-0.15, -0.1) is 0 Å². The Hall–Kier alpha value is -2.23. The van der Waals surface area contributed by atoms with E-state index in [0.29, 0.717) is 25.1 Å². The summed E-state index contributed by atoms with van der Waals surface area (Å²) < 4.78 is 35.2. The van der Waals surface area contributed by atoms with Crippen molar-refractivity contribution < 1.29 is 17.9 Å². The van der Waals surface area contributed by atoms with Crippen LogP contribution in [0.25, 0.3) is 0 Å². The number of carbonyl (C=O) groups excluding carboxylic acids is 1. The topological polar surface area (TPSA) is 93.5 Å². The van der Waals surface area contributed by atoms with E-state index in [2.05, 4.69) is 10.4 Å². The van der Waals surface area contributed by atoms with Crippen molar-refractivity contribution in [3.63, 3.8) is 0 Å². The van der Waals surface area contributed by atoms with E-state index in [1.54, 1.807) is 12.1 Å². The Labute approximate surface area is 184 Å². The summed E-state index contributed by atoms with van der Waals surface area (Å²) in [6.45, 7) is 10.2. The molecule has 1 fully saturated rings. The highest BCUT2D eigenvalue weighted by Crippen LogP contribution is 2.22. The van der Waals surface area contributed by atoms with Crippen molar-refractivity contribution in [1.29, 1.82) is 0 Å². The molecule has 0 aliphatic carbocycles. The fraction of sp³-hybridized carbons (Fsp3) is 0.545. The van der Waals surface area contributed by atoms with E-state index in [1.165, 1.54) is 16.4 Å². The number of sulfonamides is 1. The summed E-state index contributed by atoms with van der Waals surface area (Å²) in [5.41, 5.74) is 3.45. The van der Waals surface area contributed by atoms with Crippen molar-refractivity contribution in [3.05, 3.63) is 46.8 Å². The number of benzene rings is 1. The van der Waals surface area contributed by atoms with Gasteiger partial charge in [0.1, 0.15) is 0 Å². The third kappa shape index (κ3) is 5.16. The molecule has 2 aromatic rings. The van der Waals surface area contributed by atoms with Crippen LogP contribution in [0.4, 0.5) is 0 Å². The lowest BCUT2D eigenvalue weighted by Crippen LogP contribution is -2.48. The molecule has 1 amide bonds. The lowest BCUT2D eigenvalue weighted by Gasteiger charge is -2.34. The third-order valence-electron chi connectivity index (χ3n) is 5.67. The van der Waals surface area contributed by atoms with Gasteiger partial charge in [0.15, 0.2) is 0 Å². The first-order valence-corrected chi connectivity index (χ1v) is 12.0. The van der Waals surface area contributed by atoms with E-state index in [9.17, 15) is 13.2 Å². The van der Waals surface area contributed by atoms with E-state index in [1.807, 2.05) is 46.3 Å². The zero-order valence-corrected chi connectivity index (χ0v) is 19.9. The van der Waals surface area contributed by atoms with Gasteiger partial charge in [-0.05, 0) is 64.8 Å². The lowest BCUT2D eigenvalue weighted by atomic mass is 10.0. The number of hydrogen-bond acceptors (Lipinski definition) is 5. The molecule has 0 radical (unpaired) electrons. The second-order valence-corrected chi connectivity index (χ2v) is 10.4. The minimum Gasteiger partial charge on any atom is -0.373 e. The zero-order chi connectivity index (χ0) is 22.9. The van der Waals surface area contributed by atoms with Gasteiger partial charge >= 0.3 is 0 Å². The van der Waals surface area contributed by atoms with Gasteiger partial charge in [0.2, 0.25) is 10.0 Å². The van der Waals surface area contributed by atoms with Crippen LogP contribution in [0.1, 0.15) is 48.1 Å². The fourth-order valence-electron chi connectivity index (χ4n) is 4.05. The van der Waals surface area contributed by atoms with Crippen LogP contribution in [0.2, 0.25) is 0 Å². The summed E-state index contributed by atoms with van der Waals surface area (Å²) in [4.78, 5) is 12.9. The summed E-state index contributed by atoms with van der Waals surface area (Å²) in [6.07, 6.45) is 0.300. The summed E-state index contributed by atoms with van der Waals surface area (Å²) in [5, 5.41) is 7.39. The molecule has 31 heavy (non-hydrogen) atoms. The van der Waals surface area contributed by atoms with Gasteiger partial charge in [-0.25, -0.2) is 8.42 Å². The van der Waals surface area contributed by atoms with E-state index < -0.39 is 10.0 Å². The van der Waals surface area contributed by atoms with Crippen LogP contribution in [0, 0.1) is 13.8 Å². The molecule has 170 valence electrons. The minimum atomic E-state index is -3.71. The summed E-state index contributed by atoms with van der Waals surface area (Å²) in [6, 6.07) is 6.09. The molecule has 1 aliphatic rings. The second kappa shape index (κ2) is 9.10. The highest BCUT2D eigenvalue weighted by molar-refractivity contribution is 7.89. The summed E-state index contributed by atoms with van der Waals surface area (Å²) >= 11 is 0. The molecule has 8 nitrogen and oxygen atoms in total. The Kier molecular flexibility index (Phi) is 6.88. The Balaban J connectivity index is 1.74. The molecule has 0 bridgehead atoms. The number of morpholine rings is 1. The van der Waals surface area contributed by atoms with Gasteiger partial charge in [0.05, 0.1) is 22.8 Å². The highest BCUT2D eigenvalue weighted by Gasteiger charge is 2.32. The second-order valence-electron chi connectivity index (χ2n) is 8.46. The first-order chi connectivity index (χ1) is 14.5. The van der Waals surface area contributed by atoms with Crippen molar-refractivity contribution in [2.24, 2.45) is 7.05 Å². The van der Waals surface area contributed by atoms with Crippen LogP contribution >= 0.6 is 0 Å². The van der Waals surface area contributed by atoms with E-state index in [0.717, 1.165) is 17.0 Å². The molecular formula is C22H32N4O4S. The van der Waals surface area contributed by atoms with E-state index >= 15 is 0 Å². The van der Waals surface area contributed by atoms with Crippen LogP contribution in [0.5, 0.6) is 0 Å². The number of ether oxygens (including phenoxy) is 1. The number of aromatic nitrogens is 2. The quantitative estimate of drug-likeness (QED) is 0.731. The SMILES string of the molecule is Cc1nn(C)c(C)c1C[C@@H](C)NC(=O)c1cccc(S(=O)(=O)N2C[C@@H](C)O[C@@H](C)C2)c1. The maximum absolute atomic E-state index is 13.1. The summed E-state index contributed by atoms with van der Waals surface area (Å²) in [7, 11) is -1.81. The smallest absolute Gasteiger partial charge is 0.251 e. The van der Waals surface area contributed by atoms with Crippen molar-refractivity contribution in [2.75, 3.05) is 13.1 Å². The summed E-state index contributed by atoms with van der Waals surface area (Å²) in [5.74, 6) is -0.299. The molecular weight excluding hydrogens is 416 g/mol. The van der Waals surface area contributed by atoms with Gasteiger partial charge in [-0.3, -0.25) is 9.48 Å². The Morgan fingerprint density at radius 2 is 1.90 bits per heavy atom. The number of rotatable bonds is 6. The van der Waals surface area contributed by atoms with Crippen LogP contribution in [0.15, 0.2) is 29.2 Å². The first-order valence-electron chi connectivity index (χ1n) is 10.5. The molecule has 0 saturated carbocycles. The molecule has 1 aromatic heterocycles. The Morgan fingerprint density at radius 1 is 1.26 bits per heavy atom. The fourth-order valence-corrected chi connectivity index (χ4v) is 5.69. The standard InChI is InChI=1S/C22H32N4O4S/c1-14(10-21-17(4)24-25(6)18(21)5)23-22(27)19-8-7-9-20(11-19)31(28,29)26-12-15(2)30-16(3)13-26/h7-9,11,14-16H,10,12-13H2,1-6H3,(H,23,27)/t14-,15-,16+/m1/s1. The predicted molar refractivity (Wildman–Crippen MR) is 119 cm³/mol. The number of nitrogens with zero attached hydrogens (tertiary/aromatic N) is 3. The van der Waals surface area contributed by atoms with Crippen molar-refractivity contribution >= 4 is 15.9 Å². The van der Waals surface area contributed by atoms with Crippen LogP contribution in [-0.2, 0) is 28.2 Å². The predicted octanol–water partition coefficient (Wildman–Crippen LogP) is 2.20. The average molecular weight is 449 g/mol. The first kappa shape index (κ1) is 23.4. The molecule has 1 N–H and O–H groups in total. The molecule has 0 unspecified atom stereocenters. The maximum Gasteiger partial charge on any atom is 0.251 e. The third-order valence-corrected chi connectivity index (χ3v) is 7.49. The van der Waals surface area contributed by atoms with Crippen LogP contribution in [0.3, 0.4) is 0 Å². The van der Waals surface area contributed by atoms with E-state index in [4.69, 9.17) is 4.74 Å². The lowest BCUT2D eigenvalue weighted by molar-refractivity contribution is -0.0440. The number of aryl methyl sites for hydroxylation is 2. The number of hydrogen-bond donors (Lipinski definition) is 1. The minimum absolute atomic E-state index is 0.119. The Bertz CT molecular complexity index is 1050. The van der Waals surface area contributed by atoms with Gasteiger partial charge in [-0.1, -0.05) is 6.07 Å². The number of amides is 1. The molecule has 1 aromatic carbocycles.